The highest BCUT2D eigenvalue weighted by molar-refractivity contribution is 6.01. The maximum absolute atomic E-state index is 11.9. The summed E-state index contributed by atoms with van der Waals surface area (Å²) in [7, 11) is 1.45. The molecule has 21 heavy (non-hydrogen) atoms. The first kappa shape index (κ1) is 16.5. The highest BCUT2D eigenvalue weighted by Gasteiger charge is 2.17. The van der Waals surface area contributed by atoms with Gasteiger partial charge in [-0.2, -0.15) is 0 Å². The van der Waals surface area contributed by atoms with Gasteiger partial charge >= 0.3 is 12.0 Å². The molecule has 0 heterocycles. The van der Waals surface area contributed by atoms with Gasteiger partial charge in [-0.05, 0) is 18.6 Å². The lowest BCUT2D eigenvalue weighted by molar-refractivity contribution is -0.120. The minimum absolute atomic E-state index is 0.0191. The fraction of sp³-hybridized carbons (Fsp3) is 0.357. The Bertz CT molecular complexity index is 531. The van der Waals surface area contributed by atoms with Crippen LogP contribution in [0.15, 0.2) is 24.3 Å². The Kier molecular flexibility index (Phi) is 6.19. The van der Waals surface area contributed by atoms with Crippen LogP contribution in [0.2, 0.25) is 0 Å². The minimum atomic E-state index is -1.12. The third kappa shape index (κ3) is 4.79. The average Bonchev–Trinajstić information content (AvgIpc) is 2.49. The number of nitrogens with zero attached hydrogens (tertiary/aromatic N) is 1. The van der Waals surface area contributed by atoms with Gasteiger partial charge in [0.15, 0.2) is 0 Å². The molecular weight excluding hydrogens is 274 g/mol. The van der Waals surface area contributed by atoms with Crippen LogP contribution >= 0.6 is 0 Å². The van der Waals surface area contributed by atoms with Gasteiger partial charge in [-0.15, -0.1) is 0 Å². The molecule has 0 fully saturated rings. The van der Waals surface area contributed by atoms with E-state index in [1.165, 1.54) is 19.2 Å². The van der Waals surface area contributed by atoms with E-state index in [9.17, 15) is 14.4 Å². The van der Waals surface area contributed by atoms with Gasteiger partial charge in [-0.3, -0.25) is 9.69 Å². The molecule has 0 saturated carbocycles. The second-order valence-electron chi connectivity index (χ2n) is 4.39. The monoisotopic (exact) mass is 293 g/mol. The number of nitrogens with one attached hydrogen (secondary N) is 2. The Morgan fingerprint density at radius 3 is 2.48 bits per heavy atom. The van der Waals surface area contributed by atoms with Crippen molar-refractivity contribution >= 4 is 23.6 Å². The first-order chi connectivity index (χ1) is 9.97. The van der Waals surface area contributed by atoms with E-state index in [0.29, 0.717) is 6.54 Å². The molecule has 1 aromatic rings. The number of carbonyl (C=O) groups is 3. The second-order valence-corrected chi connectivity index (χ2v) is 4.39. The van der Waals surface area contributed by atoms with E-state index in [1.807, 2.05) is 6.92 Å². The van der Waals surface area contributed by atoms with Crippen LogP contribution in [0.25, 0.3) is 0 Å². The topological polar surface area (TPSA) is 98.7 Å². The van der Waals surface area contributed by atoms with Crippen molar-refractivity contribution < 1.29 is 19.5 Å². The van der Waals surface area contributed by atoms with Gasteiger partial charge in [0, 0.05) is 13.6 Å². The third-order valence-corrected chi connectivity index (χ3v) is 2.77. The lowest BCUT2D eigenvalue weighted by atomic mass is 10.1. The van der Waals surface area contributed by atoms with Crippen LogP contribution in [-0.4, -0.2) is 43.2 Å². The van der Waals surface area contributed by atoms with E-state index in [4.69, 9.17) is 5.11 Å². The molecule has 1 aromatic carbocycles. The molecule has 114 valence electrons. The summed E-state index contributed by atoms with van der Waals surface area (Å²) in [4.78, 5) is 35.6. The van der Waals surface area contributed by atoms with Gasteiger partial charge in [-0.1, -0.05) is 19.1 Å². The maximum atomic E-state index is 11.9. The SMILES string of the molecule is CCCNC(=O)CNC(=O)N(C)c1ccccc1C(=O)O. The zero-order valence-corrected chi connectivity index (χ0v) is 12.0. The highest BCUT2D eigenvalue weighted by Crippen LogP contribution is 2.18. The molecule has 3 N–H and O–H groups in total. The van der Waals surface area contributed by atoms with Crippen molar-refractivity contribution in [2.75, 3.05) is 25.0 Å². The van der Waals surface area contributed by atoms with E-state index < -0.39 is 12.0 Å². The molecule has 7 nitrogen and oxygen atoms in total. The van der Waals surface area contributed by atoms with Gasteiger partial charge in [0.1, 0.15) is 0 Å². The molecule has 3 amide bonds. The van der Waals surface area contributed by atoms with Gasteiger partial charge in [0.25, 0.3) is 0 Å². The van der Waals surface area contributed by atoms with Crippen LogP contribution in [0, 0.1) is 0 Å². The van der Waals surface area contributed by atoms with E-state index in [1.54, 1.807) is 12.1 Å². The number of carbonyl (C=O) groups excluding carboxylic acids is 2. The predicted octanol–water partition coefficient (Wildman–Crippen LogP) is 1.06. The lowest BCUT2D eigenvalue weighted by Gasteiger charge is -2.19. The van der Waals surface area contributed by atoms with Crippen LogP contribution in [0.3, 0.4) is 0 Å². The van der Waals surface area contributed by atoms with Crippen molar-refractivity contribution in [2.24, 2.45) is 0 Å². The molecule has 0 atom stereocenters. The normalized spacial score (nSPS) is 9.81. The summed E-state index contributed by atoms with van der Waals surface area (Å²) in [6.07, 6.45) is 0.811. The van der Waals surface area contributed by atoms with E-state index in [-0.39, 0.29) is 23.7 Å². The predicted molar refractivity (Wildman–Crippen MR) is 78.5 cm³/mol. The number of aromatic carboxylic acids is 1. The standard InChI is InChI=1S/C14H19N3O4/c1-3-8-15-12(18)9-16-14(21)17(2)11-7-5-4-6-10(11)13(19)20/h4-7H,3,8-9H2,1-2H3,(H,15,18)(H,16,21)(H,19,20). The molecule has 1 rings (SSSR count). The maximum Gasteiger partial charge on any atom is 0.337 e. The number of carboxylic acids is 1. The Labute approximate surface area is 122 Å². The molecule has 0 unspecified atom stereocenters. The van der Waals surface area contributed by atoms with Crippen LogP contribution < -0.4 is 15.5 Å². The molecule has 0 aliphatic heterocycles. The van der Waals surface area contributed by atoms with Crippen LogP contribution in [-0.2, 0) is 4.79 Å². The summed E-state index contributed by atoms with van der Waals surface area (Å²) >= 11 is 0. The Balaban J connectivity index is 2.67. The van der Waals surface area contributed by atoms with Crippen molar-refractivity contribution in [2.45, 2.75) is 13.3 Å². The molecule has 7 heteroatoms. The zero-order chi connectivity index (χ0) is 15.8. The fourth-order valence-corrected chi connectivity index (χ4v) is 1.66. The quantitative estimate of drug-likeness (QED) is 0.730. The second kappa shape index (κ2) is 7.88. The van der Waals surface area contributed by atoms with Gasteiger partial charge in [0.05, 0.1) is 17.8 Å². The number of rotatable bonds is 6. The number of benzene rings is 1. The number of urea groups is 1. The van der Waals surface area contributed by atoms with E-state index in [2.05, 4.69) is 10.6 Å². The summed E-state index contributed by atoms with van der Waals surface area (Å²) in [5.41, 5.74) is 0.280. The van der Waals surface area contributed by atoms with Crippen molar-refractivity contribution in [3.05, 3.63) is 29.8 Å². The number of hydrogen-bond donors (Lipinski definition) is 3. The summed E-state index contributed by atoms with van der Waals surface area (Å²) in [5.74, 6) is -1.41. The van der Waals surface area contributed by atoms with Crippen molar-refractivity contribution in [1.29, 1.82) is 0 Å². The Hall–Kier alpha value is -2.57. The largest absolute Gasteiger partial charge is 0.478 e. The Morgan fingerprint density at radius 1 is 1.19 bits per heavy atom. The van der Waals surface area contributed by atoms with Gasteiger partial charge in [0.2, 0.25) is 5.91 Å². The molecule has 0 aromatic heterocycles. The minimum Gasteiger partial charge on any atom is -0.478 e. The first-order valence-electron chi connectivity index (χ1n) is 6.58. The summed E-state index contributed by atoms with van der Waals surface area (Å²) in [6.45, 7) is 2.32. The average molecular weight is 293 g/mol. The molecule has 0 spiro atoms. The number of para-hydroxylation sites is 1. The van der Waals surface area contributed by atoms with Crippen LogP contribution in [0.1, 0.15) is 23.7 Å². The number of hydrogen-bond acceptors (Lipinski definition) is 3. The van der Waals surface area contributed by atoms with E-state index >= 15 is 0 Å². The van der Waals surface area contributed by atoms with Crippen molar-refractivity contribution in [3.8, 4) is 0 Å². The lowest BCUT2D eigenvalue weighted by Crippen LogP contribution is -2.43. The smallest absolute Gasteiger partial charge is 0.337 e. The summed E-state index contributed by atoms with van der Waals surface area (Å²) in [5, 5.41) is 14.2. The molecule has 0 radical (unpaired) electrons. The van der Waals surface area contributed by atoms with Crippen LogP contribution in [0.4, 0.5) is 10.5 Å². The van der Waals surface area contributed by atoms with E-state index in [0.717, 1.165) is 11.3 Å². The summed E-state index contributed by atoms with van der Waals surface area (Å²) in [6, 6.07) is 5.61. The first-order valence-corrected chi connectivity index (χ1v) is 6.58. The van der Waals surface area contributed by atoms with Crippen LogP contribution in [0.5, 0.6) is 0 Å². The molecule has 0 aliphatic rings. The molecular formula is C14H19N3O4. The van der Waals surface area contributed by atoms with Crippen molar-refractivity contribution in [1.82, 2.24) is 10.6 Å². The summed E-state index contributed by atoms with van der Waals surface area (Å²) < 4.78 is 0. The molecule has 0 saturated heterocycles. The number of anilines is 1. The number of amides is 3. The van der Waals surface area contributed by atoms with Gasteiger partial charge < -0.3 is 15.7 Å². The zero-order valence-electron chi connectivity index (χ0n) is 12.0. The number of carboxylic acid groups (broad SMARTS) is 1. The third-order valence-electron chi connectivity index (χ3n) is 2.77. The van der Waals surface area contributed by atoms with Gasteiger partial charge in [-0.25, -0.2) is 9.59 Å². The van der Waals surface area contributed by atoms with Crippen molar-refractivity contribution in [3.63, 3.8) is 0 Å². The molecule has 0 bridgehead atoms. The highest BCUT2D eigenvalue weighted by atomic mass is 16.4. The fourth-order valence-electron chi connectivity index (χ4n) is 1.66. The molecule has 0 aliphatic carbocycles. The Morgan fingerprint density at radius 2 is 1.86 bits per heavy atom.